The van der Waals surface area contributed by atoms with Crippen molar-refractivity contribution in [3.05, 3.63) is 56.8 Å². The molecule has 0 spiro atoms. The second kappa shape index (κ2) is 6.90. The predicted molar refractivity (Wildman–Crippen MR) is 98.7 cm³/mol. The topological polar surface area (TPSA) is 77.8 Å². The van der Waals surface area contributed by atoms with Crippen molar-refractivity contribution in [3.63, 3.8) is 0 Å². The van der Waals surface area contributed by atoms with Crippen LogP contribution in [0.2, 0.25) is 10.0 Å². The normalized spacial score (nSPS) is 10.8. The van der Waals surface area contributed by atoms with E-state index >= 15 is 0 Å². The molecule has 0 bridgehead atoms. The van der Waals surface area contributed by atoms with Gasteiger partial charge in [-0.15, -0.1) is 0 Å². The highest BCUT2D eigenvalue weighted by Crippen LogP contribution is 2.36. The van der Waals surface area contributed by atoms with Crippen LogP contribution in [0.15, 0.2) is 41.2 Å². The van der Waals surface area contributed by atoms with Crippen LogP contribution < -0.4 is 15.0 Å². The second-order valence-electron chi connectivity index (χ2n) is 5.49. The van der Waals surface area contributed by atoms with Gasteiger partial charge in [-0.2, -0.15) is 0 Å². The molecule has 26 heavy (non-hydrogen) atoms. The Balaban J connectivity index is 2.12. The molecule has 0 aliphatic carbocycles. The molecule has 0 fully saturated rings. The lowest BCUT2D eigenvalue weighted by atomic mass is 10.1. The Labute approximate surface area is 158 Å². The number of pyridine rings is 1. The van der Waals surface area contributed by atoms with E-state index < -0.39 is 23.0 Å². The number of aromatic hydroxyl groups is 1. The highest BCUT2D eigenvalue weighted by atomic mass is 35.5. The van der Waals surface area contributed by atoms with Crippen molar-refractivity contribution in [2.24, 2.45) is 7.05 Å². The van der Waals surface area contributed by atoms with E-state index in [9.17, 15) is 14.7 Å². The lowest BCUT2D eigenvalue weighted by Crippen LogP contribution is -2.21. The van der Waals surface area contributed by atoms with Crippen LogP contribution in [0, 0.1) is 0 Å². The third-order valence-electron chi connectivity index (χ3n) is 3.67. The summed E-state index contributed by atoms with van der Waals surface area (Å²) in [6.45, 7) is 1.15. The number of carbonyl (C=O) groups is 1. The minimum Gasteiger partial charge on any atom is -0.504 e. The van der Waals surface area contributed by atoms with Crippen LogP contribution in [0.5, 0.6) is 23.0 Å². The van der Waals surface area contributed by atoms with E-state index in [1.165, 1.54) is 11.6 Å². The molecule has 0 amide bonds. The van der Waals surface area contributed by atoms with Crippen molar-refractivity contribution in [3.8, 4) is 23.0 Å². The van der Waals surface area contributed by atoms with Gasteiger partial charge in [-0.3, -0.25) is 9.59 Å². The van der Waals surface area contributed by atoms with Crippen molar-refractivity contribution in [2.75, 3.05) is 0 Å². The molecule has 0 saturated carbocycles. The largest absolute Gasteiger partial charge is 0.504 e. The first kappa shape index (κ1) is 18.1. The van der Waals surface area contributed by atoms with Gasteiger partial charge in [-0.25, -0.2) is 0 Å². The zero-order valence-electron chi connectivity index (χ0n) is 13.7. The molecule has 1 N–H and O–H groups in total. The molecule has 134 valence electrons. The number of carbonyl (C=O) groups excluding carboxylic acids is 1. The zero-order valence-corrected chi connectivity index (χ0v) is 15.3. The SMILES string of the molecule is CC(=O)Oc1c(O)c2ccc(Oc3cc(Cl)ccc3Cl)cc2n(C)c1=O. The quantitative estimate of drug-likeness (QED) is 0.672. The summed E-state index contributed by atoms with van der Waals surface area (Å²) in [7, 11) is 1.49. The van der Waals surface area contributed by atoms with Gasteiger partial charge in [0.2, 0.25) is 5.75 Å². The summed E-state index contributed by atoms with van der Waals surface area (Å²) in [5.41, 5.74) is -0.262. The van der Waals surface area contributed by atoms with Gasteiger partial charge >= 0.3 is 5.97 Å². The van der Waals surface area contributed by atoms with E-state index in [4.69, 9.17) is 32.7 Å². The van der Waals surface area contributed by atoms with Crippen LogP contribution in [-0.2, 0) is 11.8 Å². The van der Waals surface area contributed by atoms with E-state index in [-0.39, 0.29) is 0 Å². The first-order chi connectivity index (χ1) is 12.3. The van der Waals surface area contributed by atoms with Crippen molar-refractivity contribution >= 4 is 40.1 Å². The van der Waals surface area contributed by atoms with Crippen molar-refractivity contribution in [1.29, 1.82) is 0 Å². The summed E-state index contributed by atoms with van der Waals surface area (Å²) in [4.78, 5) is 23.5. The summed E-state index contributed by atoms with van der Waals surface area (Å²) in [5.74, 6) is -0.794. The molecule has 1 heterocycles. The number of nitrogens with zero attached hydrogens (tertiary/aromatic N) is 1. The molecule has 0 saturated heterocycles. The summed E-state index contributed by atoms with van der Waals surface area (Å²) in [6.07, 6.45) is 0. The number of halogens is 2. The Bertz CT molecular complexity index is 1090. The molecule has 3 rings (SSSR count). The molecule has 0 radical (unpaired) electrons. The molecule has 0 atom stereocenters. The van der Waals surface area contributed by atoms with E-state index in [0.717, 1.165) is 6.92 Å². The first-order valence-corrected chi connectivity index (χ1v) is 8.20. The van der Waals surface area contributed by atoms with Crippen LogP contribution in [0.4, 0.5) is 0 Å². The van der Waals surface area contributed by atoms with Crippen LogP contribution in [0.1, 0.15) is 6.92 Å². The zero-order chi connectivity index (χ0) is 19.0. The molecule has 2 aromatic carbocycles. The average molecular weight is 394 g/mol. The van der Waals surface area contributed by atoms with Gasteiger partial charge < -0.3 is 19.1 Å². The summed E-state index contributed by atoms with van der Waals surface area (Å²) in [6, 6.07) is 9.49. The summed E-state index contributed by atoms with van der Waals surface area (Å²) < 4.78 is 11.8. The fourth-order valence-corrected chi connectivity index (χ4v) is 2.77. The Morgan fingerprint density at radius 3 is 2.58 bits per heavy atom. The number of benzene rings is 2. The van der Waals surface area contributed by atoms with Gasteiger partial charge in [0.15, 0.2) is 5.75 Å². The van der Waals surface area contributed by atoms with Gasteiger partial charge in [0.1, 0.15) is 11.5 Å². The van der Waals surface area contributed by atoms with Gasteiger partial charge in [0.25, 0.3) is 5.56 Å². The number of ether oxygens (including phenoxy) is 2. The van der Waals surface area contributed by atoms with Crippen LogP contribution >= 0.6 is 23.2 Å². The summed E-state index contributed by atoms with van der Waals surface area (Å²) >= 11 is 12.0. The van der Waals surface area contributed by atoms with E-state index in [1.54, 1.807) is 36.4 Å². The van der Waals surface area contributed by atoms with Crippen molar-refractivity contribution in [2.45, 2.75) is 6.92 Å². The Kier molecular flexibility index (Phi) is 4.80. The standard InChI is InChI=1S/C18H13Cl2NO5/c1-9(22)25-17-16(23)12-5-4-11(8-14(12)21(2)18(17)24)26-15-7-10(19)3-6-13(15)20/h3-8,23H,1-2H3. The maximum absolute atomic E-state index is 12.4. The monoisotopic (exact) mass is 393 g/mol. The van der Waals surface area contributed by atoms with Gasteiger partial charge in [-0.05, 0) is 24.3 Å². The fourth-order valence-electron chi connectivity index (χ4n) is 2.46. The third kappa shape index (κ3) is 3.34. The molecule has 0 aliphatic heterocycles. The Morgan fingerprint density at radius 2 is 1.88 bits per heavy atom. The smallest absolute Gasteiger partial charge is 0.308 e. The van der Waals surface area contributed by atoms with Gasteiger partial charge in [0.05, 0.1) is 10.5 Å². The van der Waals surface area contributed by atoms with Crippen molar-refractivity contribution < 1.29 is 19.4 Å². The molecule has 1 aromatic heterocycles. The van der Waals surface area contributed by atoms with Crippen molar-refractivity contribution in [1.82, 2.24) is 4.57 Å². The predicted octanol–water partition coefficient (Wildman–Crippen LogP) is 4.27. The molecule has 6 nitrogen and oxygen atoms in total. The lowest BCUT2D eigenvalue weighted by Gasteiger charge is -2.13. The maximum Gasteiger partial charge on any atom is 0.308 e. The highest BCUT2D eigenvalue weighted by molar-refractivity contribution is 6.34. The minimum absolute atomic E-state index is 0.327. The minimum atomic E-state index is -0.702. The van der Waals surface area contributed by atoms with Gasteiger partial charge in [0, 0.05) is 36.5 Å². The number of esters is 1. The molecule has 3 aromatic rings. The fraction of sp³-hybridized carbons (Fsp3) is 0.111. The molecule has 8 heteroatoms. The number of aryl methyl sites for hydroxylation is 1. The third-order valence-corrected chi connectivity index (χ3v) is 4.21. The van der Waals surface area contributed by atoms with E-state index in [2.05, 4.69) is 0 Å². The molecular formula is C18H13Cl2NO5. The van der Waals surface area contributed by atoms with E-state index in [0.29, 0.717) is 32.4 Å². The number of rotatable bonds is 3. The average Bonchev–Trinajstić information content (AvgIpc) is 2.59. The number of hydrogen-bond acceptors (Lipinski definition) is 5. The number of fused-ring (bicyclic) bond motifs is 1. The first-order valence-electron chi connectivity index (χ1n) is 7.45. The number of aromatic nitrogens is 1. The van der Waals surface area contributed by atoms with Crippen LogP contribution in [0.3, 0.4) is 0 Å². The second-order valence-corrected chi connectivity index (χ2v) is 6.33. The number of hydrogen-bond donors (Lipinski definition) is 1. The molecule has 0 aliphatic rings. The Hall–Kier alpha value is -2.70. The molecule has 0 unspecified atom stereocenters. The lowest BCUT2D eigenvalue weighted by molar-refractivity contribution is -0.132. The van der Waals surface area contributed by atoms with Crippen LogP contribution in [-0.4, -0.2) is 15.6 Å². The van der Waals surface area contributed by atoms with Gasteiger partial charge in [-0.1, -0.05) is 23.2 Å². The van der Waals surface area contributed by atoms with E-state index in [1.807, 2.05) is 0 Å². The Morgan fingerprint density at radius 1 is 1.15 bits per heavy atom. The summed E-state index contributed by atoms with van der Waals surface area (Å²) in [5, 5.41) is 11.5. The van der Waals surface area contributed by atoms with Crippen LogP contribution in [0.25, 0.3) is 10.9 Å². The molecular weight excluding hydrogens is 381 g/mol. The highest BCUT2D eigenvalue weighted by Gasteiger charge is 2.18. The maximum atomic E-state index is 12.4.